The minimum absolute atomic E-state index is 0.0355. The lowest BCUT2D eigenvalue weighted by Crippen LogP contribution is -2.21. The van der Waals surface area contributed by atoms with E-state index < -0.39 is 30.9 Å². The molecule has 7 nitrogen and oxygen atoms in total. The highest BCUT2D eigenvalue weighted by Gasteiger charge is 2.39. The van der Waals surface area contributed by atoms with Crippen LogP contribution in [0.3, 0.4) is 0 Å². The molecule has 0 aromatic heterocycles. The standard InChI is InChI=1S/C23H38O7/c1-2-3-6-9-17(25)12-13-20-19(21(27)14-22(20)28)10-7-4-5-8-11-23(29)30-16-18(26)15-24/h4,7,12-13,17-20,22,24-26,28H,2-3,5-6,8-11,14-16H2,1H3/b7-4+,13-12?/t17-,18?,19+,20+,22+/m0/s1. The van der Waals surface area contributed by atoms with Crippen molar-refractivity contribution in [3.05, 3.63) is 24.3 Å². The van der Waals surface area contributed by atoms with Gasteiger partial charge in [-0.25, -0.2) is 0 Å². The van der Waals surface area contributed by atoms with Crippen LogP contribution in [0.1, 0.15) is 64.7 Å². The van der Waals surface area contributed by atoms with Gasteiger partial charge in [0, 0.05) is 24.7 Å². The fourth-order valence-corrected chi connectivity index (χ4v) is 3.52. The molecule has 0 heterocycles. The first-order valence-electron chi connectivity index (χ1n) is 11.1. The molecule has 1 aliphatic rings. The Bertz CT molecular complexity index is 558. The van der Waals surface area contributed by atoms with E-state index in [4.69, 9.17) is 14.9 Å². The third-order valence-electron chi connectivity index (χ3n) is 5.35. The van der Waals surface area contributed by atoms with Crippen LogP contribution >= 0.6 is 0 Å². The number of aliphatic hydroxyl groups excluding tert-OH is 4. The second-order valence-electron chi connectivity index (χ2n) is 7.99. The molecule has 30 heavy (non-hydrogen) atoms. The third kappa shape index (κ3) is 10.5. The second kappa shape index (κ2) is 15.3. The summed E-state index contributed by atoms with van der Waals surface area (Å²) < 4.78 is 4.83. The maximum absolute atomic E-state index is 12.2. The number of hydrogen-bond acceptors (Lipinski definition) is 7. The van der Waals surface area contributed by atoms with E-state index in [-0.39, 0.29) is 37.1 Å². The summed E-state index contributed by atoms with van der Waals surface area (Å²) in [6.45, 7) is 1.45. The molecule has 4 N–H and O–H groups in total. The van der Waals surface area contributed by atoms with Gasteiger partial charge in [0.1, 0.15) is 18.5 Å². The summed E-state index contributed by atoms with van der Waals surface area (Å²) in [5.74, 6) is -0.961. The molecular formula is C23H38O7. The van der Waals surface area contributed by atoms with Crippen molar-refractivity contribution in [2.24, 2.45) is 11.8 Å². The average Bonchev–Trinajstić information content (AvgIpc) is 2.99. The molecule has 0 amide bonds. The number of allylic oxidation sites excluding steroid dienone is 2. The number of aliphatic hydroxyl groups is 4. The number of hydrogen-bond donors (Lipinski definition) is 4. The second-order valence-corrected chi connectivity index (χ2v) is 7.99. The number of ketones is 1. The van der Waals surface area contributed by atoms with Crippen molar-refractivity contribution in [3.8, 4) is 0 Å². The first-order valence-corrected chi connectivity index (χ1v) is 11.1. The number of ether oxygens (including phenoxy) is 1. The number of carbonyl (C=O) groups excluding carboxylic acids is 2. The molecule has 0 aliphatic heterocycles. The van der Waals surface area contributed by atoms with Gasteiger partial charge in [0.15, 0.2) is 0 Å². The maximum Gasteiger partial charge on any atom is 0.305 e. The first kappa shape index (κ1) is 26.5. The van der Waals surface area contributed by atoms with Crippen LogP contribution in [0.5, 0.6) is 0 Å². The van der Waals surface area contributed by atoms with Crippen molar-refractivity contribution in [2.75, 3.05) is 13.2 Å². The molecule has 0 bridgehead atoms. The molecule has 1 saturated carbocycles. The number of rotatable bonds is 15. The van der Waals surface area contributed by atoms with Gasteiger partial charge in [0.05, 0.1) is 18.8 Å². The quantitative estimate of drug-likeness (QED) is 0.179. The summed E-state index contributed by atoms with van der Waals surface area (Å²) in [5, 5.41) is 38.0. The minimum atomic E-state index is -1.05. The predicted octanol–water partition coefficient (Wildman–Crippen LogP) is 2.06. The zero-order chi connectivity index (χ0) is 22.4. The molecule has 1 rings (SSSR count). The minimum Gasteiger partial charge on any atom is -0.463 e. The van der Waals surface area contributed by atoms with Crippen LogP contribution in [-0.2, 0) is 14.3 Å². The highest BCUT2D eigenvalue weighted by Crippen LogP contribution is 2.33. The monoisotopic (exact) mass is 426 g/mol. The zero-order valence-electron chi connectivity index (χ0n) is 18.0. The van der Waals surface area contributed by atoms with E-state index in [1.807, 2.05) is 12.2 Å². The summed E-state index contributed by atoms with van der Waals surface area (Å²) in [6.07, 6.45) is 10.9. The van der Waals surface area contributed by atoms with Gasteiger partial charge in [-0.2, -0.15) is 0 Å². The molecular weight excluding hydrogens is 388 g/mol. The maximum atomic E-state index is 12.2. The van der Waals surface area contributed by atoms with Gasteiger partial charge in [0.25, 0.3) is 0 Å². The molecule has 0 spiro atoms. The molecule has 172 valence electrons. The molecule has 0 radical (unpaired) electrons. The van der Waals surface area contributed by atoms with Gasteiger partial charge in [-0.05, 0) is 25.7 Å². The molecule has 7 heteroatoms. The topological polar surface area (TPSA) is 124 Å². The van der Waals surface area contributed by atoms with Gasteiger partial charge < -0.3 is 25.2 Å². The molecule has 0 aromatic rings. The van der Waals surface area contributed by atoms with Crippen molar-refractivity contribution in [2.45, 2.75) is 83.0 Å². The highest BCUT2D eigenvalue weighted by molar-refractivity contribution is 5.84. The smallest absolute Gasteiger partial charge is 0.305 e. The van der Waals surface area contributed by atoms with Crippen LogP contribution in [0, 0.1) is 11.8 Å². The fourth-order valence-electron chi connectivity index (χ4n) is 3.52. The average molecular weight is 427 g/mol. The molecule has 5 atom stereocenters. The van der Waals surface area contributed by atoms with Crippen molar-refractivity contribution in [1.29, 1.82) is 0 Å². The van der Waals surface area contributed by atoms with Gasteiger partial charge in [-0.15, -0.1) is 0 Å². The Morgan fingerprint density at radius 3 is 2.70 bits per heavy atom. The van der Waals surface area contributed by atoms with Crippen LogP contribution in [0.25, 0.3) is 0 Å². The SMILES string of the molecule is CCCCC[C@H](O)C=C[C@H]1[C@H](O)CC(=O)[C@@H]1C/C=C/CCCC(=O)OCC(O)CO. The van der Waals surface area contributed by atoms with E-state index >= 15 is 0 Å². The highest BCUT2D eigenvalue weighted by atomic mass is 16.5. The number of Topliss-reactive ketones (excluding diaryl/α,β-unsaturated/α-hetero) is 1. The lowest BCUT2D eigenvalue weighted by Gasteiger charge is -2.16. The Labute approximate surface area is 179 Å². The Balaban J connectivity index is 2.37. The Morgan fingerprint density at radius 1 is 1.23 bits per heavy atom. The summed E-state index contributed by atoms with van der Waals surface area (Å²) in [4.78, 5) is 23.7. The van der Waals surface area contributed by atoms with Gasteiger partial charge in [-0.1, -0.05) is 50.5 Å². The first-order chi connectivity index (χ1) is 14.4. The van der Waals surface area contributed by atoms with E-state index in [1.54, 1.807) is 12.2 Å². The Kier molecular flexibility index (Phi) is 13.5. The lowest BCUT2D eigenvalue weighted by molar-refractivity contribution is -0.147. The van der Waals surface area contributed by atoms with Crippen LogP contribution in [0.2, 0.25) is 0 Å². The normalized spacial score (nSPS) is 24.0. The third-order valence-corrected chi connectivity index (χ3v) is 5.35. The summed E-state index contributed by atoms with van der Waals surface area (Å²) >= 11 is 0. The van der Waals surface area contributed by atoms with Crippen LogP contribution < -0.4 is 0 Å². The number of unbranched alkanes of at least 4 members (excludes halogenated alkanes) is 3. The van der Waals surface area contributed by atoms with Gasteiger partial charge >= 0.3 is 5.97 Å². The van der Waals surface area contributed by atoms with Crippen molar-refractivity contribution in [3.63, 3.8) is 0 Å². The van der Waals surface area contributed by atoms with Crippen molar-refractivity contribution < 1.29 is 34.8 Å². The molecule has 1 aliphatic carbocycles. The van der Waals surface area contributed by atoms with Crippen molar-refractivity contribution >= 4 is 11.8 Å². The van der Waals surface area contributed by atoms with E-state index in [0.717, 1.165) is 19.3 Å². The predicted molar refractivity (Wildman–Crippen MR) is 114 cm³/mol. The van der Waals surface area contributed by atoms with E-state index in [9.17, 15) is 19.8 Å². The molecule has 1 unspecified atom stereocenters. The molecule has 0 aromatic carbocycles. The van der Waals surface area contributed by atoms with E-state index in [1.165, 1.54) is 0 Å². The summed E-state index contributed by atoms with van der Waals surface area (Å²) in [6, 6.07) is 0. The number of carbonyl (C=O) groups is 2. The van der Waals surface area contributed by atoms with Crippen LogP contribution in [0.15, 0.2) is 24.3 Å². The summed E-state index contributed by atoms with van der Waals surface area (Å²) in [7, 11) is 0. The zero-order valence-corrected chi connectivity index (χ0v) is 18.0. The Hall–Kier alpha value is -1.54. The Morgan fingerprint density at radius 2 is 2.00 bits per heavy atom. The lowest BCUT2D eigenvalue weighted by atomic mass is 9.90. The van der Waals surface area contributed by atoms with Gasteiger partial charge in [-0.3, -0.25) is 9.59 Å². The van der Waals surface area contributed by atoms with Crippen molar-refractivity contribution in [1.82, 2.24) is 0 Å². The molecule has 0 saturated heterocycles. The fraction of sp³-hybridized carbons (Fsp3) is 0.739. The number of esters is 1. The van der Waals surface area contributed by atoms with Crippen LogP contribution in [0.4, 0.5) is 0 Å². The molecule has 1 fully saturated rings. The van der Waals surface area contributed by atoms with Crippen LogP contribution in [-0.4, -0.2) is 63.7 Å². The van der Waals surface area contributed by atoms with E-state index in [0.29, 0.717) is 25.7 Å². The van der Waals surface area contributed by atoms with Gasteiger partial charge in [0.2, 0.25) is 0 Å². The van der Waals surface area contributed by atoms with E-state index in [2.05, 4.69) is 6.92 Å². The summed E-state index contributed by atoms with van der Waals surface area (Å²) in [5.41, 5.74) is 0. The largest absolute Gasteiger partial charge is 0.463 e.